The van der Waals surface area contributed by atoms with Gasteiger partial charge in [-0.2, -0.15) is 0 Å². The highest BCUT2D eigenvalue weighted by Crippen LogP contribution is 2.64. The van der Waals surface area contributed by atoms with Gasteiger partial charge in [0.25, 0.3) is 0 Å². The van der Waals surface area contributed by atoms with Crippen LogP contribution in [0.3, 0.4) is 0 Å². The molecule has 0 aromatic heterocycles. The molecule has 6 unspecified atom stereocenters. The molecule has 118 valence electrons. The zero-order chi connectivity index (χ0) is 15.6. The van der Waals surface area contributed by atoms with Crippen LogP contribution >= 0.6 is 0 Å². The summed E-state index contributed by atoms with van der Waals surface area (Å²) in [6, 6.07) is 0. The van der Waals surface area contributed by atoms with Crippen LogP contribution < -0.4 is 0 Å². The SMILES string of the molecule is C=C1CC2C3CCC(=C)C3CCC2C2(C)CC(C)C(=C)C=C12. The van der Waals surface area contributed by atoms with Gasteiger partial charge in [0, 0.05) is 0 Å². The summed E-state index contributed by atoms with van der Waals surface area (Å²) in [5, 5.41) is 0. The molecule has 0 spiro atoms. The Balaban J connectivity index is 1.75. The molecule has 0 aliphatic heterocycles. The van der Waals surface area contributed by atoms with Gasteiger partial charge in [0.1, 0.15) is 0 Å². The Morgan fingerprint density at radius 3 is 2.64 bits per heavy atom. The quantitative estimate of drug-likeness (QED) is 0.475. The highest BCUT2D eigenvalue weighted by Gasteiger charge is 2.54. The van der Waals surface area contributed by atoms with Gasteiger partial charge in [-0.05, 0) is 79.1 Å². The maximum Gasteiger partial charge on any atom is -0.00359 e. The highest BCUT2D eigenvalue weighted by molar-refractivity contribution is 5.46. The molecule has 0 heteroatoms. The average Bonchev–Trinajstić information content (AvgIpc) is 2.84. The van der Waals surface area contributed by atoms with Crippen molar-refractivity contribution < 1.29 is 0 Å². The molecular weight excluding hydrogens is 264 g/mol. The maximum atomic E-state index is 4.50. The minimum absolute atomic E-state index is 0.343. The number of allylic oxidation sites excluding steroid dienone is 5. The third-order valence-corrected chi connectivity index (χ3v) is 7.69. The molecule has 0 aromatic carbocycles. The summed E-state index contributed by atoms with van der Waals surface area (Å²) in [6.45, 7) is 18.0. The van der Waals surface area contributed by atoms with Gasteiger partial charge in [-0.1, -0.05) is 56.4 Å². The molecular formula is C22H30. The van der Waals surface area contributed by atoms with Crippen molar-refractivity contribution in [2.24, 2.45) is 35.0 Å². The van der Waals surface area contributed by atoms with E-state index in [-0.39, 0.29) is 0 Å². The Morgan fingerprint density at radius 1 is 1.09 bits per heavy atom. The molecule has 3 fully saturated rings. The summed E-state index contributed by atoms with van der Waals surface area (Å²) in [5.74, 6) is 4.04. The third kappa shape index (κ3) is 1.82. The van der Waals surface area contributed by atoms with E-state index in [9.17, 15) is 0 Å². The molecule has 0 N–H and O–H groups in total. The topological polar surface area (TPSA) is 0 Å². The molecule has 0 amide bonds. The van der Waals surface area contributed by atoms with Crippen molar-refractivity contribution in [1.29, 1.82) is 0 Å². The van der Waals surface area contributed by atoms with Crippen LogP contribution in [0.4, 0.5) is 0 Å². The molecule has 0 aromatic rings. The minimum atomic E-state index is 0.343. The second-order valence-corrected chi connectivity index (χ2v) is 8.78. The fourth-order valence-corrected chi connectivity index (χ4v) is 6.55. The van der Waals surface area contributed by atoms with Crippen molar-refractivity contribution in [3.8, 4) is 0 Å². The van der Waals surface area contributed by atoms with Crippen LogP contribution in [-0.2, 0) is 0 Å². The van der Waals surface area contributed by atoms with Gasteiger partial charge in [0.05, 0.1) is 0 Å². The van der Waals surface area contributed by atoms with Crippen LogP contribution in [0.5, 0.6) is 0 Å². The first-order valence-electron chi connectivity index (χ1n) is 9.18. The van der Waals surface area contributed by atoms with E-state index >= 15 is 0 Å². The Morgan fingerprint density at radius 2 is 1.86 bits per heavy atom. The maximum absolute atomic E-state index is 4.50. The molecule has 0 heterocycles. The van der Waals surface area contributed by atoms with E-state index < -0.39 is 0 Å². The first kappa shape index (κ1) is 14.5. The molecule has 0 saturated heterocycles. The predicted molar refractivity (Wildman–Crippen MR) is 94.4 cm³/mol. The van der Waals surface area contributed by atoms with Gasteiger partial charge < -0.3 is 0 Å². The average molecular weight is 294 g/mol. The summed E-state index contributed by atoms with van der Waals surface area (Å²) < 4.78 is 0. The number of fused-ring (bicyclic) bond motifs is 5. The van der Waals surface area contributed by atoms with Gasteiger partial charge in [0.15, 0.2) is 0 Å². The lowest BCUT2D eigenvalue weighted by Crippen LogP contribution is -2.48. The van der Waals surface area contributed by atoms with E-state index in [2.05, 4.69) is 39.7 Å². The Hall–Kier alpha value is -1.04. The predicted octanol–water partition coefficient (Wildman–Crippen LogP) is 6.08. The van der Waals surface area contributed by atoms with Gasteiger partial charge in [-0.25, -0.2) is 0 Å². The zero-order valence-electron chi connectivity index (χ0n) is 14.3. The van der Waals surface area contributed by atoms with Crippen molar-refractivity contribution in [1.82, 2.24) is 0 Å². The van der Waals surface area contributed by atoms with Crippen molar-refractivity contribution in [2.45, 2.75) is 52.4 Å². The van der Waals surface area contributed by atoms with Crippen LogP contribution in [0.2, 0.25) is 0 Å². The molecule has 6 atom stereocenters. The minimum Gasteiger partial charge on any atom is -0.0996 e. The third-order valence-electron chi connectivity index (χ3n) is 7.69. The molecule has 22 heavy (non-hydrogen) atoms. The molecule has 0 nitrogen and oxygen atoms in total. The molecule has 0 bridgehead atoms. The largest absolute Gasteiger partial charge is 0.0996 e. The van der Waals surface area contributed by atoms with E-state index in [1.54, 1.807) is 11.1 Å². The number of hydrogen-bond acceptors (Lipinski definition) is 0. The normalized spacial score (nSPS) is 47.6. The van der Waals surface area contributed by atoms with Crippen molar-refractivity contribution in [2.75, 3.05) is 0 Å². The molecule has 4 rings (SSSR count). The molecule has 0 radical (unpaired) electrons. The van der Waals surface area contributed by atoms with Crippen molar-refractivity contribution >= 4 is 0 Å². The highest BCUT2D eigenvalue weighted by atomic mass is 14.6. The molecule has 3 saturated carbocycles. The van der Waals surface area contributed by atoms with Crippen LogP contribution in [0, 0.1) is 35.0 Å². The second kappa shape index (κ2) is 4.73. The van der Waals surface area contributed by atoms with Crippen LogP contribution in [0.25, 0.3) is 0 Å². The zero-order valence-corrected chi connectivity index (χ0v) is 14.3. The Kier molecular flexibility index (Phi) is 3.13. The lowest BCUT2D eigenvalue weighted by atomic mass is 9.48. The fourth-order valence-electron chi connectivity index (χ4n) is 6.55. The van der Waals surface area contributed by atoms with Crippen molar-refractivity contribution in [3.05, 3.63) is 48.1 Å². The van der Waals surface area contributed by atoms with E-state index in [1.165, 1.54) is 49.7 Å². The molecule has 4 aliphatic carbocycles. The smallest absolute Gasteiger partial charge is 0.00359 e. The van der Waals surface area contributed by atoms with Crippen LogP contribution in [-0.4, -0.2) is 0 Å². The standard InChI is InChI=1S/C22H30/c1-13-6-7-18-17(13)8-9-20-19(18)10-15(3)21-11-14(2)16(4)12-22(20,21)5/h11,16-20H,1-3,6-10,12H2,4-5H3. The summed E-state index contributed by atoms with van der Waals surface area (Å²) in [6.07, 6.45) is 10.3. The van der Waals surface area contributed by atoms with E-state index in [0.29, 0.717) is 11.3 Å². The van der Waals surface area contributed by atoms with Crippen LogP contribution in [0.15, 0.2) is 48.1 Å². The summed E-state index contributed by atoms with van der Waals surface area (Å²) in [7, 11) is 0. The van der Waals surface area contributed by atoms with E-state index in [4.69, 9.17) is 0 Å². The van der Waals surface area contributed by atoms with Gasteiger partial charge in [-0.3, -0.25) is 0 Å². The van der Waals surface area contributed by atoms with Crippen molar-refractivity contribution in [3.63, 3.8) is 0 Å². The number of hydrogen-bond donors (Lipinski definition) is 0. The lowest BCUT2D eigenvalue weighted by Gasteiger charge is -2.56. The van der Waals surface area contributed by atoms with E-state index in [1.807, 2.05) is 0 Å². The lowest BCUT2D eigenvalue weighted by molar-refractivity contribution is 0.0173. The summed E-state index contributed by atoms with van der Waals surface area (Å²) in [5.41, 5.74) is 6.17. The van der Waals surface area contributed by atoms with Gasteiger partial charge in [0.2, 0.25) is 0 Å². The fraction of sp³-hybridized carbons (Fsp3) is 0.636. The monoisotopic (exact) mass is 294 g/mol. The van der Waals surface area contributed by atoms with Crippen LogP contribution in [0.1, 0.15) is 52.4 Å². The summed E-state index contributed by atoms with van der Waals surface area (Å²) in [4.78, 5) is 0. The van der Waals surface area contributed by atoms with E-state index in [0.717, 1.165) is 23.7 Å². The summed E-state index contributed by atoms with van der Waals surface area (Å²) >= 11 is 0. The first-order chi connectivity index (χ1) is 10.4. The number of rotatable bonds is 0. The molecule has 4 aliphatic rings. The van der Waals surface area contributed by atoms with Gasteiger partial charge >= 0.3 is 0 Å². The second-order valence-electron chi connectivity index (χ2n) is 8.78. The Labute approximate surface area is 136 Å². The first-order valence-corrected chi connectivity index (χ1v) is 9.18. The van der Waals surface area contributed by atoms with Gasteiger partial charge in [-0.15, -0.1) is 0 Å². The Bertz CT molecular complexity index is 589.